The van der Waals surface area contributed by atoms with Crippen LogP contribution >= 0.6 is 23.2 Å². The Morgan fingerprint density at radius 2 is 2.15 bits per heavy atom. The Morgan fingerprint density at radius 1 is 1.40 bits per heavy atom. The van der Waals surface area contributed by atoms with Crippen molar-refractivity contribution in [3.63, 3.8) is 0 Å². The molecule has 1 heterocycles. The SMILES string of the molecule is CN(CC(=O)c1ccc(Cl)cc1Cl)Cc1nccn1C. The summed E-state index contributed by atoms with van der Waals surface area (Å²) in [4.78, 5) is 18.3. The summed E-state index contributed by atoms with van der Waals surface area (Å²) in [6, 6.07) is 4.90. The van der Waals surface area contributed by atoms with Crippen molar-refractivity contribution >= 4 is 29.0 Å². The van der Waals surface area contributed by atoms with Gasteiger partial charge in [0.05, 0.1) is 18.1 Å². The molecule has 0 aliphatic rings. The highest BCUT2D eigenvalue weighted by molar-refractivity contribution is 6.36. The van der Waals surface area contributed by atoms with Crippen molar-refractivity contribution < 1.29 is 4.79 Å². The molecule has 0 N–H and O–H groups in total. The van der Waals surface area contributed by atoms with Crippen molar-refractivity contribution in [3.05, 3.63) is 52.0 Å². The van der Waals surface area contributed by atoms with E-state index in [0.29, 0.717) is 22.2 Å². The molecule has 0 bridgehead atoms. The van der Waals surface area contributed by atoms with Crippen molar-refractivity contribution in [2.24, 2.45) is 7.05 Å². The highest BCUT2D eigenvalue weighted by Crippen LogP contribution is 2.21. The predicted octanol–water partition coefficient (Wildman–Crippen LogP) is 3.04. The molecule has 2 rings (SSSR count). The highest BCUT2D eigenvalue weighted by atomic mass is 35.5. The van der Waals surface area contributed by atoms with Gasteiger partial charge in [-0.15, -0.1) is 0 Å². The summed E-state index contributed by atoms with van der Waals surface area (Å²) < 4.78 is 1.93. The topological polar surface area (TPSA) is 38.1 Å². The molecule has 0 aliphatic heterocycles. The van der Waals surface area contributed by atoms with Crippen LogP contribution in [0.1, 0.15) is 16.2 Å². The van der Waals surface area contributed by atoms with Crippen LogP contribution in [0, 0.1) is 0 Å². The second-order valence-electron chi connectivity index (χ2n) is 4.67. The largest absolute Gasteiger partial charge is 0.337 e. The van der Waals surface area contributed by atoms with E-state index >= 15 is 0 Å². The Hall–Kier alpha value is -1.36. The Bertz CT molecular complexity index is 625. The van der Waals surface area contributed by atoms with Crippen molar-refractivity contribution in [2.45, 2.75) is 6.54 Å². The van der Waals surface area contributed by atoms with Crippen molar-refractivity contribution in [3.8, 4) is 0 Å². The molecule has 2 aromatic rings. The molecule has 0 unspecified atom stereocenters. The van der Waals surface area contributed by atoms with Crippen LogP contribution in [0.5, 0.6) is 0 Å². The van der Waals surface area contributed by atoms with E-state index < -0.39 is 0 Å². The second kappa shape index (κ2) is 6.39. The van der Waals surface area contributed by atoms with E-state index in [4.69, 9.17) is 23.2 Å². The molecule has 0 aliphatic carbocycles. The number of imidazole rings is 1. The van der Waals surface area contributed by atoms with E-state index in [-0.39, 0.29) is 12.3 Å². The van der Waals surface area contributed by atoms with E-state index in [9.17, 15) is 4.79 Å². The zero-order chi connectivity index (χ0) is 14.7. The smallest absolute Gasteiger partial charge is 0.178 e. The first-order chi connectivity index (χ1) is 9.47. The summed E-state index contributed by atoms with van der Waals surface area (Å²) >= 11 is 11.9. The van der Waals surface area contributed by atoms with Gasteiger partial charge in [0.25, 0.3) is 0 Å². The van der Waals surface area contributed by atoms with Gasteiger partial charge in [-0.2, -0.15) is 0 Å². The lowest BCUT2D eigenvalue weighted by molar-refractivity contribution is 0.0941. The number of aromatic nitrogens is 2. The molecule has 1 aromatic heterocycles. The van der Waals surface area contributed by atoms with E-state index in [1.807, 2.05) is 29.8 Å². The van der Waals surface area contributed by atoms with E-state index in [1.165, 1.54) is 0 Å². The predicted molar refractivity (Wildman–Crippen MR) is 80.3 cm³/mol. The lowest BCUT2D eigenvalue weighted by Gasteiger charge is -2.15. The van der Waals surface area contributed by atoms with Gasteiger partial charge in [-0.1, -0.05) is 23.2 Å². The molecule has 20 heavy (non-hydrogen) atoms. The standard InChI is InChI=1S/C14H15Cl2N3O/c1-18(9-14-17-5-6-19(14)2)8-13(20)11-4-3-10(15)7-12(11)16/h3-7H,8-9H2,1-2H3. The lowest BCUT2D eigenvalue weighted by atomic mass is 10.1. The van der Waals surface area contributed by atoms with Gasteiger partial charge in [0, 0.05) is 30.0 Å². The van der Waals surface area contributed by atoms with E-state index in [2.05, 4.69) is 4.98 Å². The molecule has 0 radical (unpaired) electrons. The maximum absolute atomic E-state index is 12.2. The summed E-state index contributed by atoms with van der Waals surface area (Å²) in [5, 5.41) is 0.904. The Morgan fingerprint density at radius 3 is 2.75 bits per heavy atom. The molecule has 0 spiro atoms. The number of rotatable bonds is 5. The first-order valence-corrected chi connectivity index (χ1v) is 6.86. The number of carbonyl (C=O) groups excluding carboxylic acids is 1. The van der Waals surface area contributed by atoms with Crippen LogP contribution in [-0.4, -0.2) is 33.8 Å². The molecule has 0 amide bonds. The van der Waals surface area contributed by atoms with Gasteiger partial charge in [0.1, 0.15) is 5.82 Å². The van der Waals surface area contributed by atoms with Crippen molar-refractivity contribution in [1.29, 1.82) is 0 Å². The van der Waals surface area contributed by atoms with Gasteiger partial charge in [0.15, 0.2) is 5.78 Å². The minimum Gasteiger partial charge on any atom is -0.337 e. The number of benzene rings is 1. The first kappa shape index (κ1) is 15.0. The van der Waals surface area contributed by atoms with Gasteiger partial charge in [-0.3, -0.25) is 9.69 Å². The lowest BCUT2D eigenvalue weighted by Crippen LogP contribution is -2.27. The number of likely N-dealkylation sites (N-methyl/N-ethyl adjacent to an activating group) is 1. The molecule has 0 fully saturated rings. The van der Waals surface area contributed by atoms with Gasteiger partial charge >= 0.3 is 0 Å². The minimum absolute atomic E-state index is 0.0385. The van der Waals surface area contributed by atoms with Crippen LogP contribution in [0.15, 0.2) is 30.6 Å². The molecule has 0 saturated heterocycles. The van der Waals surface area contributed by atoms with Gasteiger partial charge < -0.3 is 4.57 Å². The number of Topliss-reactive ketones (excluding diaryl/α,β-unsaturated/α-hetero) is 1. The fraction of sp³-hybridized carbons (Fsp3) is 0.286. The third-order valence-electron chi connectivity index (χ3n) is 2.98. The quantitative estimate of drug-likeness (QED) is 0.797. The van der Waals surface area contributed by atoms with Crippen LogP contribution in [0.25, 0.3) is 0 Å². The first-order valence-electron chi connectivity index (χ1n) is 6.10. The Balaban J connectivity index is 2.02. The molecular formula is C14H15Cl2N3O. The van der Waals surface area contributed by atoms with Crippen molar-refractivity contribution in [1.82, 2.24) is 14.5 Å². The number of nitrogens with zero attached hydrogens (tertiary/aromatic N) is 3. The number of hydrogen-bond donors (Lipinski definition) is 0. The minimum atomic E-state index is -0.0385. The third-order valence-corrected chi connectivity index (χ3v) is 3.53. The molecule has 1 aromatic carbocycles. The Labute approximate surface area is 127 Å². The summed E-state index contributed by atoms with van der Waals surface area (Å²) in [5.74, 6) is 0.867. The number of carbonyl (C=O) groups is 1. The zero-order valence-corrected chi connectivity index (χ0v) is 12.8. The van der Waals surface area contributed by atoms with Gasteiger partial charge in [-0.05, 0) is 25.2 Å². The highest BCUT2D eigenvalue weighted by Gasteiger charge is 2.14. The van der Waals surface area contributed by atoms with Gasteiger partial charge in [0.2, 0.25) is 0 Å². The second-order valence-corrected chi connectivity index (χ2v) is 5.52. The number of halogens is 2. The van der Waals surface area contributed by atoms with E-state index in [0.717, 1.165) is 5.82 Å². The van der Waals surface area contributed by atoms with Gasteiger partial charge in [-0.25, -0.2) is 4.98 Å². The van der Waals surface area contributed by atoms with Crippen LogP contribution in [0.3, 0.4) is 0 Å². The fourth-order valence-electron chi connectivity index (χ4n) is 1.89. The average molecular weight is 312 g/mol. The third kappa shape index (κ3) is 3.60. The molecule has 4 nitrogen and oxygen atoms in total. The number of aryl methyl sites for hydroxylation is 1. The van der Waals surface area contributed by atoms with Crippen LogP contribution < -0.4 is 0 Å². The monoisotopic (exact) mass is 311 g/mol. The molecule has 106 valence electrons. The maximum Gasteiger partial charge on any atom is 0.178 e. The normalized spacial score (nSPS) is 11.1. The summed E-state index contributed by atoms with van der Waals surface area (Å²) in [5.41, 5.74) is 0.489. The Kier molecular flexibility index (Phi) is 4.81. The molecular weight excluding hydrogens is 297 g/mol. The van der Waals surface area contributed by atoms with Crippen LogP contribution in [0.4, 0.5) is 0 Å². The molecule has 0 atom stereocenters. The average Bonchev–Trinajstić information content (AvgIpc) is 2.74. The molecule has 6 heteroatoms. The van der Waals surface area contributed by atoms with Crippen LogP contribution in [-0.2, 0) is 13.6 Å². The summed E-state index contributed by atoms with van der Waals surface area (Å²) in [7, 11) is 3.80. The maximum atomic E-state index is 12.2. The summed E-state index contributed by atoms with van der Waals surface area (Å²) in [6.45, 7) is 0.870. The van der Waals surface area contributed by atoms with Crippen molar-refractivity contribution in [2.75, 3.05) is 13.6 Å². The zero-order valence-electron chi connectivity index (χ0n) is 11.3. The number of hydrogen-bond acceptors (Lipinski definition) is 3. The fourth-order valence-corrected chi connectivity index (χ4v) is 2.41. The summed E-state index contributed by atoms with van der Waals surface area (Å²) in [6.07, 6.45) is 3.61. The number of ketones is 1. The van der Waals surface area contributed by atoms with Crippen LogP contribution in [0.2, 0.25) is 10.0 Å². The molecule has 0 saturated carbocycles. The van der Waals surface area contributed by atoms with E-state index in [1.54, 1.807) is 24.4 Å².